The predicted molar refractivity (Wildman–Crippen MR) is 86.4 cm³/mol. The van der Waals surface area contributed by atoms with E-state index in [0.29, 0.717) is 5.56 Å². The van der Waals surface area contributed by atoms with Crippen LogP contribution < -0.4 is 0 Å². The van der Waals surface area contributed by atoms with E-state index in [1.165, 1.54) is 12.1 Å². The molecule has 6 heteroatoms. The highest BCUT2D eigenvalue weighted by Gasteiger charge is 2.11. The van der Waals surface area contributed by atoms with Gasteiger partial charge in [-0.1, -0.05) is 42.5 Å². The standard InChI is InChI=1S/C17H16O5S/c18-16(22-10-13-5-2-1-3-6-13)12-23(21)11-14-7-4-8-15(9-14)17(19)20/h1-9H,10-12H2,(H,19,20). The maximum absolute atomic E-state index is 12.0. The summed E-state index contributed by atoms with van der Waals surface area (Å²) in [6, 6.07) is 15.4. The Morgan fingerprint density at radius 3 is 2.39 bits per heavy atom. The second-order valence-electron chi connectivity index (χ2n) is 4.88. The summed E-state index contributed by atoms with van der Waals surface area (Å²) in [6.07, 6.45) is 0. The van der Waals surface area contributed by atoms with Crippen LogP contribution in [0.1, 0.15) is 21.5 Å². The number of aromatic carboxylic acids is 1. The first kappa shape index (κ1) is 16.9. The lowest BCUT2D eigenvalue weighted by Gasteiger charge is -2.06. The van der Waals surface area contributed by atoms with Gasteiger partial charge in [0.25, 0.3) is 0 Å². The van der Waals surface area contributed by atoms with Crippen LogP contribution in [0.2, 0.25) is 0 Å². The molecule has 0 heterocycles. The zero-order valence-corrected chi connectivity index (χ0v) is 13.1. The number of carbonyl (C=O) groups is 2. The van der Waals surface area contributed by atoms with Crippen molar-refractivity contribution in [2.75, 3.05) is 5.75 Å². The number of esters is 1. The van der Waals surface area contributed by atoms with Gasteiger partial charge in [0.2, 0.25) is 0 Å². The number of benzene rings is 2. The van der Waals surface area contributed by atoms with Crippen molar-refractivity contribution in [2.24, 2.45) is 0 Å². The van der Waals surface area contributed by atoms with E-state index in [-0.39, 0.29) is 23.7 Å². The maximum Gasteiger partial charge on any atom is 0.335 e. The van der Waals surface area contributed by atoms with Gasteiger partial charge in [-0.3, -0.25) is 9.00 Å². The minimum atomic E-state index is -1.45. The Bertz CT molecular complexity index is 712. The number of rotatable bonds is 7. The van der Waals surface area contributed by atoms with E-state index in [2.05, 4.69) is 0 Å². The molecule has 2 rings (SSSR count). The number of carbonyl (C=O) groups excluding carboxylic acids is 1. The molecule has 1 atom stereocenters. The Morgan fingerprint density at radius 2 is 1.70 bits per heavy atom. The number of hydrogen-bond donors (Lipinski definition) is 1. The smallest absolute Gasteiger partial charge is 0.335 e. The van der Waals surface area contributed by atoms with Crippen molar-refractivity contribution in [3.05, 3.63) is 71.3 Å². The van der Waals surface area contributed by atoms with Crippen molar-refractivity contribution in [2.45, 2.75) is 12.4 Å². The van der Waals surface area contributed by atoms with Crippen molar-refractivity contribution in [1.29, 1.82) is 0 Å². The summed E-state index contributed by atoms with van der Waals surface area (Å²) in [5.74, 6) is -1.69. The SMILES string of the molecule is O=C(CS(=O)Cc1cccc(C(=O)O)c1)OCc1ccccc1. The van der Waals surface area contributed by atoms with E-state index >= 15 is 0 Å². The molecule has 120 valence electrons. The number of carboxylic acids is 1. The molecular formula is C17H16O5S. The average molecular weight is 332 g/mol. The van der Waals surface area contributed by atoms with Crippen molar-refractivity contribution in [1.82, 2.24) is 0 Å². The molecule has 23 heavy (non-hydrogen) atoms. The first-order valence-corrected chi connectivity index (χ1v) is 8.40. The highest BCUT2D eigenvalue weighted by molar-refractivity contribution is 7.84. The van der Waals surface area contributed by atoms with Gasteiger partial charge in [-0.15, -0.1) is 0 Å². The summed E-state index contributed by atoms with van der Waals surface area (Å²) in [6.45, 7) is 0.144. The number of hydrogen-bond acceptors (Lipinski definition) is 4. The average Bonchev–Trinajstić information content (AvgIpc) is 2.54. The van der Waals surface area contributed by atoms with E-state index in [9.17, 15) is 13.8 Å². The molecule has 0 radical (unpaired) electrons. The maximum atomic E-state index is 12.0. The van der Waals surface area contributed by atoms with Crippen LogP contribution in [-0.2, 0) is 32.7 Å². The van der Waals surface area contributed by atoms with Crippen molar-refractivity contribution in [3.8, 4) is 0 Å². The van der Waals surface area contributed by atoms with Gasteiger partial charge < -0.3 is 9.84 Å². The summed E-state index contributed by atoms with van der Waals surface area (Å²) in [5.41, 5.74) is 1.60. The summed E-state index contributed by atoms with van der Waals surface area (Å²) >= 11 is 0. The minimum Gasteiger partial charge on any atom is -0.478 e. The Hall–Kier alpha value is -2.47. The molecule has 0 spiro atoms. The molecule has 0 aromatic heterocycles. The van der Waals surface area contributed by atoms with Gasteiger partial charge in [0.1, 0.15) is 12.4 Å². The highest BCUT2D eigenvalue weighted by Crippen LogP contribution is 2.09. The highest BCUT2D eigenvalue weighted by atomic mass is 32.2. The zero-order chi connectivity index (χ0) is 16.7. The van der Waals surface area contributed by atoms with Crippen LogP contribution in [0, 0.1) is 0 Å². The first-order chi connectivity index (χ1) is 11.0. The second kappa shape index (κ2) is 8.24. The van der Waals surface area contributed by atoms with Gasteiger partial charge in [0.15, 0.2) is 0 Å². The Kier molecular flexibility index (Phi) is 6.05. The van der Waals surface area contributed by atoms with Crippen LogP contribution in [-0.4, -0.2) is 27.0 Å². The summed E-state index contributed by atoms with van der Waals surface area (Å²) in [4.78, 5) is 22.6. The quantitative estimate of drug-likeness (QED) is 0.787. The lowest BCUT2D eigenvalue weighted by molar-refractivity contribution is -0.141. The van der Waals surface area contributed by atoms with Gasteiger partial charge >= 0.3 is 11.9 Å². The molecule has 0 fully saturated rings. The van der Waals surface area contributed by atoms with Crippen LogP contribution >= 0.6 is 0 Å². The molecule has 0 aliphatic heterocycles. The number of ether oxygens (including phenoxy) is 1. The van der Waals surface area contributed by atoms with Crippen LogP contribution in [0.5, 0.6) is 0 Å². The summed E-state index contributed by atoms with van der Waals surface area (Å²) < 4.78 is 17.1. The molecule has 1 N–H and O–H groups in total. The fourth-order valence-electron chi connectivity index (χ4n) is 1.94. The van der Waals surface area contributed by atoms with Crippen LogP contribution in [0.15, 0.2) is 54.6 Å². The summed E-state index contributed by atoms with van der Waals surface area (Å²) in [5, 5.41) is 8.92. The topological polar surface area (TPSA) is 80.7 Å². The van der Waals surface area contributed by atoms with Crippen molar-refractivity contribution >= 4 is 22.7 Å². The minimum absolute atomic E-state index is 0.113. The van der Waals surface area contributed by atoms with Gasteiger partial charge in [-0.25, -0.2) is 4.79 Å². The van der Waals surface area contributed by atoms with Crippen LogP contribution in [0.25, 0.3) is 0 Å². The monoisotopic (exact) mass is 332 g/mol. The van der Waals surface area contributed by atoms with Crippen LogP contribution in [0.3, 0.4) is 0 Å². The van der Waals surface area contributed by atoms with Gasteiger partial charge in [0.05, 0.1) is 5.56 Å². The lowest BCUT2D eigenvalue weighted by Crippen LogP contribution is -2.15. The third kappa shape index (κ3) is 5.67. The predicted octanol–water partition coefficient (Wildman–Crippen LogP) is 2.38. The molecule has 0 aliphatic carbocycles. The van der Waals surface area contributed by atoms with E-state index in [0.717, 1.165) is 5.56 Å². The van der Waals surface area contributed by atoms with Gasteiger partial charge in [-0.05, 0) is 23.3 Å². The van der Waals surface area contributed by atoms with E-state index in [1.54, 1.807) is 12.1 Å². The fraction of sp³-hybridized carbons (Fsp3) is 0.176. The first-order valence-electron chi connectivity index (χ1n) is 6.91. The lowest BCUT2D eigenvalue weighted by atomic mass is 10.1. The molecule has 1 unspecified atom stereocenters. The second-order valence-corrected chi connectivity index (χ2v) is 6.34. The van der Waals surface area contributed by atoms with Crippen molar-refractivity contribution < 1.29 is 23.6 Å². The van der Waals surface area contributed by atoms with Gasteiger partial charge in [-0.2, -0.15) is 0 Å². The Labute approximate surface area is 136 Å². The largest absolute Gasteiger partial charge is 0.478 e. The van der Waals surface area contributed by atoms with Gasteiger partial charge in [0, 0.05) is 16.6 Å². The third-order valence-corrected chi connectivity index (χ3v) is 4.24. The molecule has 0 saturated heterocycles. The molecule has 2 aromatic carbocycles. The molecule has 5 nitrogen and oxygen atoms in total. The molecule has 0 bridgehead atoms. The zero-order valence-electron chi connectivity index (χ0n) is 12.3. The molecule has 0 aliphatic rings. The van der Waals surface area contributed by atoms with E-state index in [1.807, 2.05) is 30.3 Å². The molecule has 2 aromatic rings. The molecular weight excluding hydrogens is 316 g/mol. The normalized spacial score (nSPS) is 11.7. The van der Waals surface area contributed by atoms with E-state index in [4.69, 9.17) is 9.84 Å². The number of carboxylic acid groups (broad SMARTS) is 1. The molecule has 0 amide bonds. The van der Waals surface area contributed by atoms with Crippen molar-refractivity contribution in [3.63, 3.8) is 0 Å². The Balaban J connectivity index is 1.83. The third-order valence-electron chi connectivity index (χ3n) is 3.02. The fourth-order valence-corrected chi connectivity index (χ4v) is 2.94. The van der Waals surface area contributed by atoms with E-state index < -0.39 is 22.7 Å². The molecule has 0 saturated carbocycles. The summed E-state index contributed by atoms with van der Waals surface area (Å²) in [7, 11) is -1.45. The van der Waals surface area contributed by atoms with Crippen LogP contribution in [0.4, 0.5) is 0 Å². The Morgan fingerprint density at radius 1 is 1.00 bits per heavy atom.